The van der Waals surface area contributed by atoms with Gasteiger partial charge in [-0.1, -0.05) is 115 Å². The highest BCUT2D eigenvalue weighted by atomic mass is 32.1. The lowest BCUT2D eigenvalue weighted by Crippen LogP contribution is -2.03. The maximum absolute atomic E-state index is 6.60. The van der Waals surface area contributed by atoms with Gasteiger partial charge in [-0.3, -0.25) is 4.57 Å². The van der Waals surface area contributed by atoms with Crippen molar-refractivity contribution in [3.8, 4) is 28.3 Å². The molecule has 5 heteroatoms. The van der Waals surface area contributed by atoms with E-state index in [0.29, 0.717) is 5.95 Å². The molecule has 4 heterocycles. The van der Waals surface area contributed by atoms with E-state index < -0.39 is 0 Å². The Morgan fingerprint density at radius 1 is 0.511 bits per heavy atom. The van der Waals surface area contributed by atoms with E-state index in [1.54, 1.807) is 11.3 Å². The molecule has 4 nitrogen and oxygen atoms in total. The quantitative estimate of drug-likeness (QED) is 0.205. The topological polar surface area (TPSA) is 43.9 Å². The molecule has 0 radical (unpaired) electrons. The maximum Gasteiger partial charge on any atom is 0.236 e. The molecule has 0 aliphatic carbocycles. The Morgan fingerprint density at radius 2 is 1.18 bits per heavy atom. The van der Waals surface area contributed by atoms with Crippen LogP contribution in [-0.4, -0.2) is 14.5 Å². The van der Waals surface area contributed by atoms with E-state index in [4.69, 9.17) is 14.4 Å². The molecular formula is C40H23N3OS. The Bertz CT molecular complexity index is 2750. The zero-order valence-electron chi connectivity index (χ0n) is 23.9. The van der Waals surface area contributed by atoms with Gasteiger partial charge in [0.25, 0.3) is 0 Å². The molecule has 210 valence electrons. The van der Waals surface area contributed by atoms with Crippen molar-refractivity contribution in [3.63, 3.8) is 0 Å². The van der Waals surface area contributed by atoms with E-state index in [-0.39, 0.29) is 0 Å². The first-order valence-corrected chi connectivity index (χ1v) is 15.8. The SMILES string of the molecule is c1ccc(-c2ccc(-c3nc(-n4c5ccccc5c5ccc6c7ccccc7oc6c54)nc4c3sc3ccccc34)cc2)cc1. The predicted octanol–water partition coefficient (Wildman–Crippen LogP) is 11.2. The Morgan fingerprint density at radius 3 is 2.04 bits per heavy atom. The number of hydrogen-bond acceptors (Lipinski definition) is 4. The van der Waals surface area contributed by atoms with E-state index >= 15 is 0 Å². The summed E-state index contributed by atoms with van der Waals surface area (Å²) in [6.45, 7) is 0. The number of aromatic nitrogens is 3. The zero-order chi connectivity index (χ0) is 29.5. The summed E-state index contributed by atoms with van der Waals surface area (Å²) >= 11 is 1.75. The number of furan rings is 1. The summed E-state index contributed by atoms with van der Waals surface area (Å²) < 4.78 is 11.1. The number of rotatable bonds is 3. The summed E-state index contributed by atoms with van der Waals surface area (Å²) in [5.41, 5.74) is 9.07. The van der Waals surface area contributed by atoms with Crippen LogP contribution in [0.3, 0.4) is 0 Å². The molecule has 4 aromatic heterocycles. The van der Waals surface area contributed by atoms with Crippen molar-refractivity contribution in [1.82, 2.24) is 14.5 Å². The van der Waals surface area contributed by atoms with Crippen LogP contribution in [0, 0.1) is 0 Å². The molecule has 0 bridgehead atoms. The fourth-order valence-corrected chi connectivity index (χ4v) is 7.92. The number of hydrogen-bond donors (Lipinski definition) is 0. The molecule has 45 heavy (non-hydrogen) atoms. The first-order chi connectivity index (χ1) is 22.3. The molecule has 0 atom stereocenters. The van der Waals surface area contributed by atoms with Gasteiger partial charge in [0.2, 0.25) is 5.95 Å². The summed E-state index contributed by atoms with van der Waals surface area (Å²) in [6.07, 6.45) is 0. The number of benzene rings is 6. The van der Waals surface area contributed by atoms with Crippen LogP contribution in [0.15, 0.2) is 144 Å². The second-order valence-corrected chi connectivity index (χ2v) is 12.4. The van der Waals surface area contributed by atoms with Crippen molar-refractivity contribution in [2.75, 3.05) is 0 Å². The first-order valence-electron chi connectivity index (χ1n) is 15.0. The molecule has 0 unspecified atom stereocenters. The first kappa shape index (κ1) is 24.6. The zero-order valence-corrected chi connectivity index (χ0v) is 24.8. The van der Waals surface area contributed by atoms with Gasteiger partial charge in [-0.2, -0.15) is 0 Å². The highest BCUT2D eigenvalue weighted by Crippen LogP contribution is 2.42. The molecule has 0 fully saturated rings. The third kappa shape index (κ3) is 3.59. The maximum atomic E-state index is 6.60. The minimum absolute atomic E-state index is 0.632. The number of fused-ring (bicyclic) bond motifs is 10. The number of para-hydroxylation sites is 2. The summed E-state index contributed by atoms with van der Waals surface area (Å²) in [5, 5.41) is 5.58. The smallest absolute Gasteiger partial charge is 0.236 e. The lowest BCUT2D eigenvalue weighted by atomic mass is 10.0. The van der Waals surface area contributed by atoms with Gasteiger partial charge in [-0.15, -0.1) is 11.3 Å². The highest BCUT2D eigenvalue weighted by molar-refractivity contribution is 7.26. The summed E-state index contributed by atoms with van der Waals surface area (Å²) in [4.78, 5) is 10.7. The van der Waals surface area contributed by atoms with E-state index in [9.17, 15) is 0 Å². The molecule has 0 aliphatic heterocycles. The molecule has 0 saturated carbocycles. The standard InChI is InChI=1S/C40H23N3OS/c1-2-10-24(11-3-1)25-18-20-26(21-19-25)35-39-36(31-14-6-9-17-34(31)45-39)42-40(41-35)43-32-15-7-4-12-27(32)29-22-23-30-28-13-5-8-16-33(28)44-38(30)37(29)43/h1-23H. The molecule has 10 aromatic rings. The minimum atomic E-state index is 0.632. The Kier molecular flexibility index (Phi) is 5.12. The monoisotopic (exact) mass is 593 g/mol. The van der Waals surface area contributed by atoms with E-state index in [0.717, 1.165) is 70.6 Å². The molecule has 0 spiro atoms. The van der Waals surface area contributed by atoms with Crippen LogP contribution in [0.2, 0.25) is 0 Å². The average Bonchev–Trinajstić information content (AvgIpc) is 3.78. The third-order valence-electron chi connectivity index (χ3n) is 8.85. The Balaban J connectivity index is 1.31. The van der Waals surface area contributed by atoms with Crippen LogP contribution in [0.1, 0.15) is 0 Å². The predicted molar refractivity (Wildman–Crippen MR) is 187 cm³/mol. The van der Waals surface area contributed by atoms with Gasteiger partial charge in [-0.25, -0.2) is 9.97 Å². The van der Waals surface area contributed by atoms with Gasteiger partial charge in [-0.05, 0) is 35.4 Å². The average molecular weight is 594 g/mol. The van der Waals surface area contributed by atoms with Gasteiger partial charge in [0.05, 0.1) is 21.4 Å². The Labute approximate surface area is 261 Å². The van der Waals surface area contributed by atoms with Crippen LogP contribution in [0.5, 0.6) is 0 Å². The van der Waals surface area contributed by atoms with Crippen LogP contribution >= 0.6 is 11.3 Å². The van der Waals surface area contributed by atoms with E-state index in [2.05, 4.69) is 126 Å². The number of thiophene rings is 1. The summed E-state index contributed by atoms with van der Waals surface area (Å²) in [7, 11) is 0. The van der Waals surface area contributed by atoms with Gasteiger partial charge < -0.3 is 4.42 Å². The van der Waals surface area contributed by atoms with Gasteiger partial charge in [0, 0.05) is 37.2 Å². The molecule has 0 saturated heterocycles. The normalized spacial score (nSPS) is 12.0. The highest BCUT2D eigenvalue weighted by Gasteiger charge is 2.22. The van der Waals surface area contributed by atoms with Crippen molar-refractivity contribution < 1.29 is 4.42 Å². The second kappa shape index (κ2) is 9.36. The van der Waals surface area contributed by atoms with Crippen molar-refractivity contribution >= 4 is 75.4 Å². The van der Waals surface area contributed by atoms with Crippen LogP contribution < -0.4 is 0 Å². The third-order valence-corrected chi connectivity index (χ3v) is 10.0. The van der Waals surface area contributed by atoms with Gasteiger partial charge >= 0.3 is 0 Å². The van der Waals surface area contributed by atoms with Crippen molar-refractivity contribution in [1.29, 1.82) is 0 Å². The summed E-state index contributed by atoms with van der Waals surface area (Å²) in [5.74, 6) is 0.632. The lowest BCUT2D eigenvalue weighted by Gasteiger charge is -2.11. The van der Waals surface area contributed by atoms with Gasteiger partial charge in [0.1, 0.15) is 11.1 Å². The molecule has 0 N–H and O–H groups in total. The Hall–Kier alpha value is -5.78. The number of nitrogens with zero attached hydrogens (tertiary/aromatic N) is 3. The van der Waals surface area contributed by atoms with Crippen molar-refractivity contribution in [2.24, 2.45) is 0 Å². The van der Waals surface area contributed by atoms with Crippen LogP contribution in [0.25, 0.3) is 92.4 Å². The fourth-order valence-electron chi connectivity index (χ4n) is 6.76. The molecule has 10 rings (SSSR count). The lowest BCUT2D eigenvalue weighted by molar-refractivity contribution is 0.671. The largest absolute Gasteiger partial charge is 0.454 e. The van der Waals surface area contributed by atoms with Crippen LogP contribution in [0.4, 0.5) is 0 Å². The van der Waals surface area contributed by atoms with Crippen molar-refractivity contribution in [2.45, 2.75) is 0 Å². The van der Waals surface area contributed by atoms with E-state index in [1.807, 2.05) is 18.2 Å². The fraction of sp³-hybridized carbons (Fsp3) is 0. The summed E-state index contributed by atoms with van der Waals surface area (Å²) in [6, 6.07) is 48.8. The second-order valence-electron chi connectivity index (χ2n) is 11.4. The minimum Gasteiger partial charge on any atom is -0.454 e. The van der Waals surface area contributed by atoms with E-state index in [1.165, 1.54) is 15.8 Å². The molecule has 0 amide bonds. The van der Waals surface area contributed by atoms with Gasteiger partial charge in [0.15, 0.2) is 5.58 Å². The van der Waals surface area contributed by atoms with Crippen LogP contribution in [-0.2, 0) is 0 Å². The molecule has 0 aliphatic rings. The molecular weight excluding hydrogens is 571 g/mol. The van der Waals surface area contributed by atoms with Crippen molar-refractivity contribution in [3.05, 3.63) is 140 Å². The molecule has 6 aromatic carbocycles.